The molecule has 1 aromatic carbocycles. The van der Waals surface area contributed by atoms with Crippen molar-refractivity contribution in [2.45, 2.75) is 19.6 Å². The standard InChI is InChI=1S/C22H28ClN7O2S/c1-15-4-3-5-17(23)19(15)26-20(32)18-14-25-21(33-18)28-22(6-7-24-16(2)27-22)30-10-8-29(9-11-30)12-13-31/h3-7,14,31H,8-13H2,1-2H3,(H,24,27)(H,25,28)(H,26,32). The van der Waals surface area contributed by atoms with E-state index in [-0.39, 0.29) is 12.5 Å². The molecule has 0 saturated carbocycles. The molecule has 0 bridgehead atoms. The summed E-state index contributed by atoms with van der Waals surface area (Å²) in [6, 6.07) is 5.49. The zero-order chi connectivity index (χ0) is 23.4. The first-order valence-corrected chi connectivity index (χ1v) is 12.0. The van der Waals surface area contributed by atoms with Crippen molar-refractivity contribution in [1.29, 1.82) is 0 Å². The number of thiazole rings is 1. The van der Waals surface area contributed by atoms with Gasteiger partial charge in [0.05, 0.1) is 23.5 Å². The van der Waals surface area contributed by atoms with Crippen LogP contribution in [0, 0.1) is 6.92 Å². The minimum Gasteiger partial charge on any atom is -0.395 e. The lowest BCUT2D eigenvalue weighted by Gasteiger charge is -2.45. The number of β-amino-alcohol motifs (C(OH)–C–C–N with tert-alkyl or cyclic N) is 1. The van der Waals surface area contributed by atoms with Crippen LogP contribution >= 0.6 is 22.9 Å². The Labute approximate surface area is 202 Å². The van der Waals surface area contributed by atoms with Gasteiger partial charge in [-0.05, 0) is 31.6 Å². The number of aryl methyl sites for hydroxylation is 1. The first-order valence-electron chi connectivity index (χ1n) is 10.8. The Morgan fingerprint density at radius 3 is 2.79 bits per heavy atom. The molecule has 3 heterocycles. The van der Waals surface area contributed by atoms with Gasteiger partial charge < -0.3 is 21.1 Å². The number of anilines is 2. The molecule has 1 fully saturated rings. The maximum absolute atomic E-state index is 12.8. The van der Waals surface area contributed by atoms with Crippen molar-refractivity contribution >= 4 is 45.5 Å². The van der Waals surface area contributed by atoms with Crippen LogP contribution in [0.5, 0.6) is 0 Å². The Morgan fingerprint density at radius 2 is 2.09 bits per heavy atom. The number of aliphatic hydroxyl groups is 1. The van der Waals surface area contributed by atoms with Crippen LogP contribution < -0.4 is 16.0 Å². The van der Waals surface area contributed by atoms with E-state index in [4.69, 9.17) is 16.6 Å². The van der Waals surface area contributed by atoms with Crippen LogP contribution in [-0.2, 0) is 0 Å². The number of aliphatic hydroxyl groups excluding tert-OH is 1. The van der Waals surface area contributed by atoms with Crippen molar-refractivity contribution in [2.24, 2.45) is 4.99 Å². The Kier molecular flexibility index (Phi) is 7.30. The van der Waals surface area contributed by atoms with Crippen LogP contribution in [0.25, 0.3) is 0 Å². The number of hydrogen-bond donors (Lipinski definition) is 4. The number of carbonyl (C=O) groups excluding carboxylic acids is 1. The van der Waals surface area contributed by atoms with Crippen molar-refractivity contribution in [2.75, 3.05) is 50.0 Å². The number of nitrogens with zero attached hydrogens (tertiary/aromatic N) is 4. The average molecular weight is 490 g/mol. The van der Waals surface area contributed by atoms with E-state index in [1.165, 1.54) is 11.3 Å². The molecule has 2 aliphatic heterocycles. The number of nitrogens with one attached hydrogen (secondary N) is 3. The number of amidine groups is 1. The van der Waals surface area contributed by atoms with Crippen LogP contribution in [0.15, 0.2) is 41.7 Å². The number of aromatic nitrogens is 1. The molecule has 33 heavy (non-hydrogen) atoms. The Balaban J connectivity index is 1.51. The molecule has 1 saturated heterocycles. The predicted octanol–water partition coefficient (Wildman–Crippen LogP) is 2.57. The topological polar surface area (TPSA) is 105 Å². The fourth-order valence-corrected chi connectivity index (χ4v) is 4.98. The molecule has 176 valence electrons. The maximum Gasteiger partial charge on any atom is 0.267 e. The summed E-state index contributed by atoms with van der Waals surface area (Å²) in [5, 5.41) is 19.8. The Morgan fingerprint density at radius 1 is 1.30 bits per heavy atom. The van der Waals surface area contributed by atoms with Gasteiger partial charge in [0.1, 0.15) is 10.7 Å². The summed E-state index contributed by atoms with van der Waals surface area (Å²) < 4.78 is 0. The predicted molar refractivity (Wildman–Crippen MR) is 133 cm³/mol. The number of para-hydroxylation sites is 1. The summed E-state index contributed by atoms with van der Waals surface area (Å²) in [5.74, 6) is -0.276. The average Bonchev–Trinajstić information content (AvgIpc) is 3.25. The zero-order valence-electron chi connectivity index (χ0n) is 18.6. The molecule has 4 rings (SSSR count). The van der Waals surface area contributed by atoms with Gasteiger partial charge >= 0.3 is 0 Å². The first kappa shape index (κ1) is 23.7. The van der Waals surface area contributed by atoms with Gasteiger partial charge in [-0.3, -0.25) is 14.6 Å². The monoisotopic (exact) mass is 489 g/mol. The Bertz CT molecular complexity index is 1040. The second kappa shape index (κ2) is 10.2. The normalized spacial score (nSPS) is 21.4. The van der Waals surface area contributed by atoms with Gasteiger partial charge in [-0.2, -0.15) is 0 Å². The maximum atomic E-state index is 12.8. The molecule has 4 N–H and O–H groups in total. The lowest BCUT2D eigenvalue weighted by Crippen LogP contribution is -2.60. The van der Waals surface area contributed by atoms with Crippen molar-refractivity contribution in [3.8, 4) is 0 Å². The smallest absolute Gasteiger partial charge is 0.267 e. The molecule has 1 amide bonds. The van der Waals surface area contributed by atoms with E-state index in [1.54, 1.807) is 12.3 Å². The molecule has 2 aliphatic rings. The minimum absolute atomic E-state index is 0.155. The fourth-order valence-electron chi connectivity index (χ4n) is 3.94. The summed E-state index contributed by atoms with van der Waals surface area (Å²) >= 11 is 7.52. The van der Waals surface area contributed by atoms with Crippen LogP contribution in [0.4, 0.5) is 10.8 Å². The van der Waals surface area contributed by atoms with Gasteiger partial charge in [-0.15, -0.1) is 0 Å². The van der Waals surface area contributed by atoms with E-state index in [0.717, 1.165) is 37.6 Å². The van der Waals surface area contributed by atoms with Gasteiger partial charge in [0, 0.05) is 38.9 Å². The highest BCUT2D eigenvalue weighted by Crippen LogP contribution is 2.30. The van der Waals surface area contributed by atoms with Gasteiger partial charge in [-0.1, -0.05) is 35.1 Å². The van der Waals surface area contributed by atoms with Crippen LogP contribution in [-0.4, -0.2) is 76.8 Å². The number of rotatable bonds is 7. The van der Waals surface area contributed by atoms with E-state index in [0.29, 0.717) is 27.3 Å². The summed E-state index contributed by atoms with van der Waals surface area (Å²) in [5.41, 5.74) is 1.49. The van der Waals surface area contributed by atoms with Crippen LogP contribution in [0.3, 0.4) is 0 Å². The van der Waals surface area contributed by atoms with Crippen LogP contribution in [0.2, 0.25) is 5.02 Å². The quantitative estimate of drug-likeness (QED) is 0.473. The number of amides is 1. The lowest BCUT2D eigenvalue weighted by atomic mass is 10.2. The number of piperazine rings is 1. The van der Waals surface area contributed by atoms with Crippen molar-refractivity contribution < 1.29 is 9.90 Å². The number of carbonyl (C=O) groups is 1. The highest BCUT2D eigenvalue weighted by Gasteiger charge is 2.38. The largest absolute Gasteiger partial charge is 0.395 e. The van der Waals surface area contributed by atoms with E-state index in [9.17, 15) is 9.90 Å². The second-order valence-corrected chi connectivity index (χ2v) is 9.43. The molecule has 9 nitrogen and oxygen atoms in total. The molecule has 0 aliphatic carbocycles. The lowest BCUT2D eigenvalue weighted by molar-refractivity contribution is 0.0661. The van der Waals surface area contributed by atoms with E-state index < -0.39 is 5.79 Å². The third kappa shape index (κ3) is 5.36. The molecule has 0 spiro atoms. The van der Waals surface area contributed by atoms with E-state index in [1.807, 2.05) is 38.3 Å². The summed E-state index contributed by atoms with van der Waals surface area (Å²) in [7, 11) is 0. The summed E-state index contributed by atoms with van der Waals surface area (Å²) in [6.45, 7) is 7.86. The molecule has 1 atom stereocenters. The SMILES string of the molecule is CC1=NC(Nc2ncc(C(=O)Nc3c(C)cccc3Cl)s2)(N2CCN(CCO)CC2)C=CN1. The number of halogens is 1. The highest BCUT2D eigenvalue weighted by molar-refractivity contribution is 7.17. The summed E-state index contributed by atoms with van der Waals surface area (Å²) in [4.78, 5) is 27.1. The fraction of sp³-hybridized carbons (Fsp3) is 0.409. The number of hydrogen-bond acceptors (Lipinski definition) is 9. The number of aliphatic imine (C=N–C) groups is 1. The van der Waals surface area contributed by atoms with E-state index in [2.05, 4.69) is 30.7 Å². The Hall–Kier alpha value is -2.50. The van der Waals surface area contributed by atoms with Crippen LogP contribution in [0.1, 0.15) is 22.2 Å². The zero-order valence-corrected chi connectivity index (χ0v) is 20.2. The highest BCUT2D eigenvalue weighted by atomic mass is 35.5. The molecule has 1 unspecified atom stereocenters. The third-order valence-corrected chi connectivity index (χ3v) is 6.92. The molecular formula is C22H28ClN7O2S. The van der Waals surface area contributed by atoms with Gasteiger partial charge in [-0.25, -0.2) is 9.98 Å². The van der Waals surface area contributed by atoms with Crippen molar-refractivity contribution in [1.82, 2.24) is 20.1 Å². The minimum atomic E-state index is -0.800. The molecule has 2 aromatic rings. The third-order valence-electron chi connectivity index (χ3n) is 5.70. The molecule has 11 heteroatoms. The van der Waals surface area contributed by atoms with Crippen molar-refractivity contribution in [3.63, 3.8) is 0 Å². The van der Waals surface area contributed by atoms with Gasteiger partial charge in [0.25, 0.3) is 5.91 Å². The first-order chi connectivity index (χ1) is 15.9. The van der Waals surface area contributed by atoms with Gasteiger partial charge in [0.2, 0.25) is 5.79 Å². The number of benzene rings is 1. The summed E-state index contributed by atoms with van der Waals surface area (Å²) in [6.07, 6.45) is 5.40. The molecular weight excluding hydrogens is 462 g/mol. The molecule has 0 radical (unpaired) electrons. The second-order valence-electron chi connectivity index (χ2n) is 7.99. The van der Waals surface area contributed by atoms with E-state index >= 15 is 0 Å². The van der Waals surface area contributed by atoms with Gasteiger partial charge in [0.15, 0.2) is 5.13 Å². The van der Waals surface area contributed by atoms with Crippen molar-refractivity contribution in [3.05, 3.63) is 52.1 Å². The molecule has 1 aromatic heterocycles.